The summed E-state index contributed by atoms with van der Waals surface area (Å²) in [7, 11) is 0. The molecule has 0 unspecified atom stereocenters. The molecule has 1 aromatic carbocycles. The van der Waals surface area contributed by atoms with Crippen molar-refractivity contribution in [3.8, 4) is 0 Å². The van der Waals surface area contributed by atoms with Crippen molar-refractivity contribution in [2.45, 2.75) is 80.3 Å². The molecule has 0 aliphatic heterocycles. The summed E-state index contributed by atoms with van der Waals surface area (Å²) >= 11 is 0. The molecule has 0 saturated carbocycles. The zero-order valence-electron chi connectivity index (χ0n) is 17.2. The van der Waals surface area contributed by atoms with E-state index in [2.05, 4.69) is 83.5 Å². The number of nitrogens with one attached hydrogen (secondary N) is 1. The lowest BCUT2D eigenvalue weighted by Gasteiger charge is -2.33. The number of benzene rings is 1. The first-order chi connectivity index (χ1) is 11.5. The lowest BCUT2D eigenvalue weighted by atomic mass is 9.81. The normalized spacial score (nSPS) is 12.6. The van der Waals surface area contributed by atoms with Crippen LogP contribution in [0.15, 0.2) is 18.2 Å². The molecule has 3 nitrogen and oxygen atoms in total. The molecular formula is C22H34N2O. The minimum absolute atomic E-state index is 0.0304. The van der Waals surface area contributed by atoms with Gasteiger partial charge in [0.05, 0.1) is 0 Å². The van der Waals surface area contributed by atoms with Crippen molar-refractivity contribution in [1.82, 2.24) is 9.88 Å². The average molecular weight is 343 g/mol. The van der Waals surface area contributed by atoms with Gasteiger partial charge in [-0.2, -0.15) is 0 Å². The summed E-state index contributed by atoms with van der Waals surface area (Å²) in [5.74, 6) is 0.0304. The van der Waals surface area contributed by atoms with E-state index in [0.717, 1.165) is 36.2 Å². The van der Waals surface area contributed by atoms with Crippen LogP contribution < -0.4 is 5.32 Å². The Morgan fingerprint density at radius 1 is 1.12 bits per heavy atom. The summed E-state index contributed by atoms with van der Waals surface area (Å²) in [4.78, 5) is 13.1. The molecule has 1 aromatic heterocycles. The van der Waals surface area contributed by atoms with Crippen LogP contribution in [-0.4, -0.2) is 16.0 Å². The van der Waals surface area contributed by atoms with E-state index in [1.54, 1.807) is 0 Å². The van der Waals surface area contributed by atoms with E-state index >= 15 is 0 Å². The van der Waals surface area contributed by atoms with Gasteiger partial charge in [-0.15, -0.1) is 0 Å². The van der Waals surface area contributed by atoms with Gasteiger partial charge in [-0.1, -0.05) is 33.8 Å². The first kappa shape index (κ1) is 19.6. The molecular weight excluding hydrogens is 308 g/mol. The summed E-state index contributed by atoms with van der Waals surface area (Å²) in [5, 5.41) is 4.47. The number of hydrogen-bond acceptors (Lipinski definition) is 1. The summed E-state index contributed by atoms with van der Waals surface area (Å²) in [5.41, 5.74) is 4.26. The minimum atomic E-state index is -0.245. The van der Waals surface area contributed by atoms with E-state index in [1.807, 2.05) is 0 Å². The van der Waals surface area contributed by atoms with E-state index in [-0.39, 0.29) is 16.9 Å². The fourth-order valence-corrected chi connectivity index (χ4v) is 4.15. The number of aromatic nitrogens is 1. The molecule has 0 aliphatic rings. The highest BCUT2D eigenvalue weighted by molar-refractivity contribution is 6.02. The molecule has 0 fully saturated rings. The highest BCUT2D eigenvalue weighted by atomic mass is 16.2. The molecule has 138 valence electrons. The van der Waals surface area contributed by atoms with Gasteiger partial charge >= 0.3 is 0 Å². The standard InChI is InChI=1S/C22H34N2O/c1-9-16-11-12-18-17(13-16)15(3)19(24(18)10-2)20(25)23-22(7,8)14-21(4,5)6/h11-13H,9-10,14H2,1-8H3,(H,23,25). The molecule has 2 aromatic rings. The quantitative estimate of drug-likeness (QED) is 0.767. The lowest BCUT2D eigenvalue weighted by molar-refractivity contribution is 0.0881. The van der Waals surface area contributed by atoms with Crippen LogP contribution in [0.4, 0.5) is 0 Å². The highest BCUT2D eigenvalue weighted by Crippen LogP contribution is 2.30. The Bertz CT molecular complexity index is 775. The Morgan fingerprint density at radius 2 is 1.76 bits per heavy atom. The minimum Gasteiger partial charge on any atom is -0.346 e. The first-order valence-corrected chi connectivity index (χ1v) is 9.43. The fourth-order valence-electron chi connectivity index (χ4n) is 4.15. The largest absolute Gasteiger partial charge is 0.346 e. The Hall–Kier alpha value is -1.77. The fraction of sp³-hybridized carbons (Fsp3) is 0.591. The SMILES string of the molecule is CCc1ccc2c(c1)c(C)c(C(=O)NC(C)(C)CC(C)(C)C)n2CC. The van der Waals surface area contributed by atoms with Gasteiger partial charge < -0.3 is 9.88 Å². The first-order valence-electron chi connectivity index (χ1n) is 9.43. The zero-order valence-corrected chi connectivity index (χ0v) is 17.2. The zero-order chi connectivity index (χ0) is 19.0. The van der Waals surface area contributed by atoms with Crippen LogP contribution in [0.5, 0.6) is 0 Å². The van der Waals surface area contributed by atoms with Crippen LogP contribution in [0.3, 0.4) is 0 Å². The molecule has 0 bridgehead atoms. The van der Waals surface area contributed by atoms with Crippen molar-refractivity contribution >= 4 is 16.8 Å². The molecule has 0 atom stereocenters. The van der Waals surface area contributed by atoms with Gasteiger partial charge in [0.1, 0.15) is 5.69 Å². The van der Waals surface area contributed by atoms with E-state index in [9.17, 15) is 4.79 Å². The van der Waals surface area contributed by atoms with Crippen molar-refractivity contribution in [3.05, 3.63) is 35.0 Å². The molecule has 1 amide bonds. The molecule has 0 aliphatic carbocycles. The van der Waals surface area contributed by atoms with E-state index in [0.29, 0.717) is 0 Å². The highest BCUT2D eigenvalue weighted by Gasteiger charge is 2.29. The number of hydrogen-bond donors (Lipinski definition) is 1. The second kappa shape index (κ2) is 6.86. The van der Waals surface area contributed by atoms with Gasteiger partial charge in [-0.05, 0) is 69.2 Å². The number of aryl methyl sites for hydroxylation is 3. The number of amides is 1. The summed E-state index contributed by atoms with van der Waals surface area (Å²) in [6.07, 6.45) is 1.93. The van der Waals surface area contributed by atoms with Gasteiger partial charge in [-0.3, -0.25) is 4.79 Å². The summed E-state index contributed by atoms with van der Waals surface area (Å²) in [6.45, 7) is 18.0. The summed E-state index contributed by atoms with van der Waals surface area (Å²) < 4.78 is 2.15. The number of carbonyl (C=O) groups is 1. The van der Waals surface area contributed by atoms with Crippen molar-refractivity contribution in [2.75, 3.05) is 0 Å². The average Bonchev–Trinajstić information content (AvgIpc) is 2.76. The second-order valence-corrected chi connectivity index (χ2v) is 9.00. The van der Waals surface area contributed by atoms with E-state index < -0.39 is 0 Å². The Kier molecular flexibility index (Phi) is 5.36. The maximum atomic E-state index is 13.1. The van der Waals surface area contributed by atoms with Crippen molar-refractivity contribution in [2.24, 2.45) is 5.41 Å². The molecule has 2 rings (SSSR count). The molecule has 0 radical (unpaired) electrons. The Balaban J connectivity index is 2.46. The molecule has 0 spiro atoms. The van der Waals surface area contributed by atoms with Crippen LogP contribution >= 0.6 is 0 Å². The predicted molar refractivity (Wildman–Crippen MR) is 107 cm³/mol. The molecule has 3 heteroatoms. The number of carbonyl (C=O) groups excluding carboxylic acids is 1. The molecule has 1 heterocycles. The summed E-state index contributed by atoms with van der Waals surface area (Å²) in [6, 6.07) is 6.55. The smallest absolute Gasteiger partial charge is 0.268 e. The third-order valence-corrected chi connectivity index (χ3v) is 4.74. The number of fused-ring (bicyclic) bond motifs is 1. The van der Waals surface area contributed by atoms with Gasteiger partial charge in [0.2, 0.25) is 0 Å². The van der Waals surface area contributed by atoms with Gasteiger partial charge in [-0.25, -0.2) is 0 Å². The monoisotopic (exact) mass is 342 g/mol. The molecule has 0 saturated heterocycles. The lowest BCUT2D eigenvalue weighted by Crippen LogP contribution is -2.46. The van der Waals surface area contributed by atoms with Crippen LogP contribution in [0.2, 0.25) is 0 Å². The van der Waals surface area contributed by atoms with Crippen molar-refractivity contribution in [3.63, 3.8) is 0 Å². The predicted octanol–water partition coefficient (Wildman–Crippen LogP) is 5.48. The van der Waals surface area contributed by atoms with Crippen LogP contribution in [0, 0.1) is 12.3 Å². The van der Waals surface area contributed by atoms with Crippen molar-refractivity contribution in [1.29, 1.82) is 0 Å². The third-order valence-electron chi connectivity index (χ3n) is 4.74. The third kappa shape index (κ3) is 4.26. The maximum absolute atomic E-state index is 13.1. The van der Waals surface area contributed by atoms with Crippen LogP contribution in [0.1, 0.15) is 76.5 Å². The van der Waals surface area contributed by atoms with E-state index in [4.69, 9.17) is 0 Å². The molecule has 1 N–H and O–H groups in total. The second-order valence-electron chi connectivity index (χ2n) is 9.00. The van der Waals surface area contributed by atoms with Gasteiger partial charge in [0.15, 0.2) is 0 Å². The van der Waals surface area contributed by atoms with Crippen LogP contribution in [-0.2, 0) is 13.0 Å². The van der Waals surface area contributed by atoms with Crippen molar-refractivity contribution < 1.29 is 4.79 Å². The Morgan fingerprint density at radius 3 is 2.28 bits per heavy atom. The van der Waals surface area contributed by atoms with Crippen LogP contribution in [0.25, 0.3) is 10.9 Å². The maximum Gasteiger partial charge on any atom is 0.268 e. The topological polar surface area (TPSA) is 34.0 Å². The van der Waals surface area contributed by atoms with Gasteiger partial charge in [0.25, 0.3) is 5.91 Å². The van der Waals surface area contributed by atoms with Gasteiger partial charge in [0, 0.05) is 23.0 Å². The van der Waals surface area contributed by atoms with E-state index in [1.165, 1.54) is 10.9 Å². The molecule has 25 heavy (non-hydrogen) atoms. The Labute approximate surface area is 152 Å². The number of nitrogens with zero attached hydrogens (tertiary/aromatic N) is 1. The number of rotatable bonds is 5.